The molecule has 1 N–H and O–H groups in total. The van der Waals surface area contributed by atoms with Crippen molar-refractivity contribution in [2.45, 2.75) is 19.8 Å². The number of nitrogens with one attached hydrogen (secondary N) is 1. The van der Waals surface area contributed by atoms with E-state index in [1.807, 2.05) is 67.7 Å². The molecule has 0 bridgehead atoms. The van der Waals surface area contributed by atoms with Gasteiger partial charge in [-0.1, -0.05) is 23.8 Å². The van der Waals surface area contributed by atoms with Gasteiger partial charge in [-0.05, 0) is 56.2 Å². The van der Waals surface area contributed by atoms with E-state index in [4.69, 9.17) is 0 Å². The minimum Gasteiger partial charge on any atom is -0.338 e. The fraction of sp³-hybridized carbons (Fsp3) is 0.261. The summed E-state index contributed by atoms with van der Waals surface area (Å²) in [5, 5.41) is 7.22. The minimum absolute atomic E-state index is 0.0109. The third kappa shape index (κ3) is 4.37. The van der Waals surface area contributed by atoms with Gasteiger partial charge in [0.2, 0.25) is 5.91 Å². The molecule has 1 aliphatic heterocycles. The van der Waals surface area contributed by atoms with Crippen molar-refractivity contribution in [3.8, 4) is 5.69 Å². The first-order chi connectivity index (χ1) is 14.1. The molecule has 1 fully saturated rings. The Balaban J connectivity index is 1.42. The molecule has 2 heterocycles. The van der Waals surface area contributed by atoms with Crippen molar-refractivity contribution in [1.29, 1.82) is 0 Å². The Hall–Kier alpha value is -3.41. The number of hydrogen-bond donors (Lipinski definition) is 1. The van der Waals surface area contributed by atoms with E-state index in [-0.39, 0.29) is 17.7 Å². The van der Waals surface area contributed by atoms with E-state index in [9.17, 15) is 9.59 Å². The van der Waals surface area contributed by atoms with Gasteiger partial charge in [-0.3, -0.25) is 9.59 Å². The number of amides is 2. The number of carbonyl (C=O) groups excluding carboxylic acids is 2. The maximum atomic E-state index is 12.8. The number of aromatic nitrogens is 2. The van der Waals surface area contributed by atoms with Crippen LogP contribution in [0.4, 0.5) is 5.69 Å². The van der Waals surface area contributed by atoms with Crippen molar-refractivity contribution in [2.75, 3.05) is 18.4 Å². The quantitative estimate of drug-likeness (QED) is 0.742. The smallest absolute Gasteiger partial charge is 0.253 e. The number of anilines is 1. The van der Waals surface area contributed by atoms with Gasteiger partial charge in [0.15, 0.2) is 0 Å². The summed E-state index contributed by atoms with van der Waals surface area (Å²) < 4.78 is 1.75. The monoisotopic (exact) mass is 388 g/mol. The van der Waals surface area contributed by atoms with Crippen LogP contribution in [-0.4, -0.2) is 39.6 Å². The second-order valence-electron chi connectivity index (χ2n) is 7.45. The Morgan fingerprint density at radius 3 is 2.69 bits per heavy atom. The molecule has 6 nitrogen and oxygen atoms in total. The number of benzene rings is 2. The van der Waals surface area contributed by atoms with E-state index in [0.29, 0.717) is 18.7 Å². The van der Waals surface area contributed by atoms with E-state index in [1.54, 1.807) is 15.8 Å². The number of likely N-dealkylation sites (tertiary alicyclic amines) is 1. The minimum atomic E-state index is -0.216. The highest BCUT2D eigenvalue weighted by molar-refractivity contribution is 5.96. The fourth-order valence-electron chi connectivity index (χ4n) is 3.65. The van der Waals surface area contributed by atoms with Gasteiger partial charge >= 0.3 is 0 Å². The summed E-state index contributed by atoms with van der Waals surface area (Å²) in [6, 6.07) is 17.0. The third-order valence-corrected chi connectivity index (χ3v) is 5.26. The first kappa shape index (κ1) is 18.9. The molecule has 4 rings (SSSR count). The fourth-order valence-corrected chi connectivity index (χ4v) is 3.65. The molecule has 0 aliphatic carbocycles. The zero-order valence-corrected chi connectivity index (χ0v) is 16.4. The second-order valence-corrected chi connectivity index (χ2v) is 7.45. The molecule has 0 spiro atoms. The average molecular weight is 388 g/mol. The maximum absolute atomic E-state index is 12.8. The van der Waals surface area contributed by atoms with Gasteiger partial charge in [-0.25, -0.2) is 4.68 Å². The molecule has 1 aliphatic rings. The van der Waals surface area contributed by atoms with Crippen LogP contribution in [0.3, 0.4) is 0 Å². The summed E-state index contributed by atoms with van der Waals surface area (Å²) in [4.78, 5) is 27.4. The molecule has 2 aromatic carbocycles. The number of hydrogen-bond acceptors (Lipinski definition) is 3. The number of carbonyl (C=O) groups is 2. The molecule has 148 valence electrons. The van der Waals surface area contributed by atoms with Crippen molar-refractivity contribution < 1.29 is 9.59 Å². The zero-order chi connectivity index (χ0) is 20.2. The van der Waals surface area contributed by atoms with Crippen LogP contribution in [-0.2, 0) is 4.79 Å². The highest BCUT2D eigenvalue weighted by atomic mass is 16.2. The third-order valence-electron chi connectivity index (χ3n) is 5.26. The lowest BCUT2D eigenvalue weighted by Crippen LogP contribution is -2.43. The Morgan fingerprint density at radius 2 is 1.93 bits per heavy atom. The summed E-state index contributed by atoms with van der Waals surface area (Å²) in [5.74, 6) is -0.279. The molecular formula is C23H24N4O2. The Bertz CT molecular complexity index is 996. The summed E-state index contributed by atoms with van der Waals surface area (Å²) in [5.41, 5.74) is 3.40. The van der Waals surface area contributed by atoms with Crippen LogP contribution < -0.4 is 5.32 Å². The average Bonchev–Trinajstić information content (AvgIpc) is 3.29. The van der Waals surface area contributed by atoms with Crippen LogP contribution in [0.25, 0.3) is 5.69 Å². The molecule has 1 aromatic heterocycles. The Kier molecular flexibility index (Phi) is 5.42. The van der Waals surface area contributed by atoms with Crippen LogP contribution in [0, 0.1) is 12.8 Å². The standard InChI is InChI=1S/C23H24N4O2/c1-17-8-10-18(11-9-17)23(29)26-13-3-5-19(16-26)22(28)25-20-6-2-7-21(15-20)27-14-4-12-24-27/h2,4,6-12,14-15,19H,3,5,13,16H2,1H3,(H,25,28). The van der Waals surface area contributed by atoms with E-state index in [2.05, 4.69) is 10.4 Å². The first-order valence-corrected chi connectivity index (χ1v) is 9.87. The molecule has 1 unspecified atom stereocenters. The molecule has 3 aromatic rings. The van der Waals surface area contributed by atoms with E-state index < -0.39 is 0 Å². The van der Waals surface area contributed by atoms with Gasteiger partial charge in [0.05, 0.1) is 11.6 Å². The second kappa shape index (κ2) is 8.31. The summed E-state index contributed by atoms with van der Waals surface area (Å²) >= 11 is 0. The normalized spacial score (nSPS) is 16.4. The largest absolute Gasteiger partial charge is 0.338 e. The molecule has 29 heavy (non-hydrogen) atoms. The van der Waals surface area contributed by atoms with Crippen molar-refractivity contribution in [2.24, 2.45) is 5.92 Å². The lowest BCUT2D eigenvalue weighted by molar-refractivity contribution is -0.121. The highest BCUT2D eigenvalue weighted by Crippen LogP contribution is 2.22. The molecule has 2 amide bonds. The molecule has 1 saturated heterocycles. The van der Waals surface area contributed by atoms with E-state index >= 15 is 0 Å². The zero-order valence-electron chi connectivity index (χ0n) is 16.4. The van der Waals surface area contributed by atoms with Crippen LogP contribution in [0.2, 0.25) is 0 Å². The van der Waals surface area contributed by atoms with Crippen molar-refractivity contribution in [3.63, 3.8) is 0 Å². The maximum Gasteiger partial charge on any atom is 0.253 e. The molecule has 6 heteroatoms. The van der Waals surface area contributed by atoms with Gasteiger partial charge < -0.3 is 10.2 Å². The Morgan fingerprint density at radius 1 is 1.10 bits per heavy atom. The number of rotatable bonds is 4. The predicted molar refractivity (Wildman–Crippen MR) is 112 cm³/mol. The van der Waals surface area contributed by atoms with Crippen LogP contribution in [0.15, 0.2) is 67.0 Å². The highest BCUT2D eigenvalue weighted by Gasteiger charge is 2.29. The van der Waals surface area contributed by atoms with Gasteiger partial charge in [0.1, 0.15) is 0 Å². The molecule has 1 atom stereocenters. The van der Waals surface area contributed by atoms with Crippen LogP contribution in [0.5, 0.6) is 0 Å². The summed E-state index contributed by atoms with van der Waals surface area (Å²) in [6.07, 6.45) is 5.18. The van der Waals surface area contributed by atoms with Gasteiger partial charge in [-0.15, -0.1) is 0 Å². The van der Waals surface area contributed by atoms with E-state index in [0.717, 1.165) is 29.8 Å². The van der Waals surface area contributed by atoms with Crippen LogP contribution >= 0.6 is 0 Å². The first-order valence-electron chi connectivity index (χ1n) is 9.87. The lowest BCUT2D eigenvalue weighted by atomic mass is 9.96. The number of nitrogens with zero attached hydrogens (tertiary/aromatic N) is 3. The summed E-state index contributed by atoms with van der Waals surface area (Å²) in [7, 11) is 0. The van der Waals surface area contributed by atoms with Crippen LogP contribution in [0.1, 0.15) is 28.8 Å². The van der Waals surface area contributed by atoms with Crippen molar-refractivity contribution >= 4 is 17.5 Å². The topological polar surface area (TPSA) is 67.2 Å². The van der Waals surface area contributed by atoms with Gasteiger partial charge in [0, 0.05) is 36.7 Å². The van der Waals surface area contributed by atoms with Gasteiger partial charge in [-0.2, -0.15) is 5.10 Å². The van der Waals surface area contributed by atoms with Crippen molar-refractivity contribution in [3.05, 3.63) is 78.1 Å². The molecule has 0 saturated carbocycles. The van der Waals surface area contributed by atoms with E-state index in [1.165, 1.54) is 0 Å². The summed E-state index contributed by atoms with van der Waals surface area (Å²) in [6.45, 7) is 3.12. The number of aryl methyl sites for hydroxylation is 1. The lowest BCUT2D eigenvalue weighted by Gasteiger charge is -2.32. The number of piperidine rings is 1. The Labute approximate surface area is 170 Å². The van der Waals surface area contributed by atoms with Gasteiger partial charge in [0.25, 0.3) is 5.91 Å². The molecule has 0 radical (unpaired) electrons. The van der Waals surface area contributed by atoms with Crippen molar-refractivity contribution in [1.82, 2.24) is 14.7 Å². The SMILES string of the molecule is Cc1ccc(C(=O)N2CCCC(C(=O)Nc3cccc(-n4cccn4)c3)C2)cc1. The molecular weight excluding hydrogens is 364 g/mol. The predicted octanol–water partition coefficient (Wildman–Crippen LogP) is 3.67.